The van der Waals surface area contributed by atoms with Gasteiger partial charge in [0.25, 0.3) is 0 Å². The summed E-state index contributed by atoms with van der Waals surface area (Å²) in [5.74, 6) is 0.408. The third kappa shape index (κ3) is 2.83. The summed E-state index contributed by atoms with van der Waals surface area (Å²) >= 11 is 0. The molecule has 1 aromatic carbocycles. The zero-order chi connectivity index (χ0) is 15.8. The number of likely N-dealkylation sites (tertiary alicyclic amines) is 1. The number of aliphatic hydroxyl groups excluding tert-OH is 1. The van der Waals surface area contributed by atoms with Crippen LogP contribution >= 0.6 is 0 Å². The molecule has 0 bridgehead atoms. The van der Waals surface area contributed by atoms with Crippen LogP contribution in [0.3, 0.4) is 0 Å². The Morgan fingerprint density at radius 1 is 1.30 bits per heavy atom. The smallest absolute Gasteiger partial charge is 0.233 e. The lowest BCUT2D eigenvalue weighted by atomic mass is 10.0. The van der Waals surface area contributed by atoms with Crippen LogP contribution in [0.2, 0.25) is 0 Å². The molecule has 0 aliphatic carbocycles. The molecule has 1 fully saturated rings. The number of halogens is 1. The molecule has 2 aromatic heterocycles. The Hall–Kier alpha value is -2.31. The molecule has 1 saturated heterocycles. The van der Waals surface area contributed by atoms with Gasteiger partial charge in [-0.25, -0.2) is 14.4 Å². The van der Waals surface area contributed by atoms with Crippen LogP contribution in [0.5, 0.6) is 0 Å². The summed E-state index contributed by atoms with van der Waals surface area (Å²) < 4.78 is 15.4. The van der Waals surface area contributed by atoms with Gasteiger partial charge in [0.15, 0.2) is 0 Å². The number of aromatic nitrogens is 3. The summed E-state index contributed by atoms with van der Waals surface area (Å²) in [6.07, 6.45) is 5.76. The highest BCUT2D eigenvalue weighted by Crippen LogP contribution is 2.33. The third-order valence-electron chi connectivity index (χ3n) is 4.27. The van der Waals surface area contributed by atoms with Crippen LogP contribution in [0, 0.1) is 5.82 Å². The first-order chi connectivity index (χ1) is 11.2. The van der Waals surface area contributed by atoms with Gasteiger partial charge in [0.05, 0.1) is 11.8 Å². The van der Waals surface area contributed by atoms with E-state index in [9.17, 15) is 9.50 Å². The van der Waals surface area contributed by atoms with E-state index in [-0.39, 0.29) is 11.9 Å². The SMILES string of the molecule is O[C@H]1C[C@H](c2cccc(F)c2)N(Cc2cn3cccnc3n2)C1. The second-order valence-corrected chi connectivity index (χ2v) is 5.95. The molecule has 118 valence electrons. The minimum absolute atomic E-state index is 0.00142. The first-order valence-electron chi connectivity index (χ1n) is 7.65. The van der Waals surface area contributed by atoms with E-state index < -0.39 is 6.10 Å². The molecule has 0 spiro atoms. The van der Waals surface area contributed by atoms with E-state index in [4.69, 9.17) is 0 Å². The predicted octanol–water partition coefficient (Wildman–Crippen LogP) is 2.18. The van der Waals surface area contributed by atoms with Gasteiger partial charge < -0.3 is 5.11 Å². The number of imidazole rings is 1. The molecular weight excluding hydrogens is 295 g/mol. The zero-order valence-corrected chi connectivity index (χ0v) is 12.5. The lowest BCUT2D eigenvalue weighted by Crippen LogP contribution is -2.24. The highest BCUT2D eigenvalue weighted by atomic mass is 19.1. The normalized spacial score (nSPS) is 22.0. The van der Waals surface area contributed by atoms with E-state index in [2.05, 4.69) is 14.9 Å². The van der Waals surface area contributed by atoms with E-state index in [1.807, 2.05) is 28.9 Å². The Bertz CT molecular complexity index is 801. The number of aliphatic hydroxyl groups is 1. The molecule has 1 N–H and O–H groups in total. The standard InChI is InChI=1S/C17H17FN4O/c18-13-4-1-3-12(7-13)16-8-15(23)11-22(16)10-14-9-21-6-2-5-19-17(21)20-14/h1-7,9,15-16,23H,8,10-11H2/t15-,16+/m0/s1. The van der Waals surface area contributed by atoms with Crippen molar-refractivity contribution in [1.82, 2.24) is 19.3 Å². The first kappa shape index (κ1) is 14.3. The molecule has 0 amide bonds. The molecule has 1 aliphatic rings. The summed E-state index contributed by atoms with van der Waals surface area (Å²) in [6, 6.07) is 8.45. The van der Waals surface area contributed by atoms with Gasteiger partial charge in [0.1, 0.15) is 5.82 Å². The summed E-state index contributed by atoms with van der Waals surface area (Å²) in [4.78, 5) is 10.9. The maximum Gasteiger partial charge on any atom is 0.233 e. The molecule has 4 rings (SSSR count). The summed E-state index contributed by atoms with van der Waals surface area (Å²) in [5.41, 5.74) is 1.78. The quantitative estimate of drug-likeness (QED) is 0.805. The topological polar surface area (TPSA) is 53.7 Å². The second-order valence-electron chi connectivity index (χ2n) is 5.95. The predicted molar refractivity (Wildman–Crippen MR) is 83.2 cm³/mol. The summed E-state index contributed by atoms with van der Waals surface area (Å²) in [7, 11) is 0. The van der Waals surface area contributed by atoms with Gasteiger partial charge in [-0.2, -0.15) is 0 Å². The molecule has 2 atom stereocenters. The van der Waals surface area contributed by atoms with Gasteiger partial charge in [-0.15, -0.1) is 0 Å². The third-order valence-corrected chi connectivity index (χ3v) is 4.27. The minimum atomic E-state index is -0.404. The number of β-amino-alcohol motifs (C(OH)–C–C–N with tert-alkyl or cyclic N) is 1. The number of hydrogen-bond acceptors (Lipinski definition) is 4. The van der Waals surface area contributed by atoms with Crippen molar-refractivity contribution in [1.29, 1.82) is 0 Å². The molecule has 5 nitrogen and oxygen atoms in total. The average Bonchev–Trinajstić information content (AvgIpc) is 3.10. The Balaban J connectivity index is 1.61. The second kappa shape index (κ2) is 5.72. The van der Waals surface area contributed by atoms with Crippen LogP contribution < -0.4 is 0 Å². The number of fused-ring (bicyclic) bond motifs is 1. The van der Waals surface area contributed by atoms with E-state index in [0.717, 1.165) is 11.3 Å². The van der Waals surface area contributed by atoms with Gasteiger partial charge in [-0.05, 0) is 30.2 Å². The molecule has 0 unspecified atom stereocenters. The molecule has 3 heterocycles. The molecule has 6 heteroatoms. The highest BCUT2D eigenvalue weighted by molar-refractivity contribution is 5.30. The number of hydrogen-bond donors (Lipinski definition) is 1. The maximum atomic E-state index is 13.5. The van der Waals surface area contributed by atoms with Crippen LogP contribution in [0.25, 0.3) is 5.78 Å². The van der Waals surface area contributed by atoms with Gasteiger partial charge >= 0.3 is 0 Å². The molecule has 0 radical (unpaired) electrons. The average molecular weight is 312 g/mol. The van der Waals surface area contributed by atoms with Crippen LogP contribution in [-0.4, -0.2) is 37.0 Å². The lowest BCUT2D eigenvalue weighted by Gasteiger charge is -2.23. The highest BCUT2D eigenvalue weighted by Gasteiger charge is 2.32. The molecule has 0 saturated carbocycles. The molecular formula is C17H17FN4O. The zero-order valence-electron chi connectivity index (χ0n) is 12.5. The van der Waals surface area contributed by atoms with Gasteiger partial charge in [-0.3, -0.25) is 9.30 Å². The van der Waals surface area contributed by atoms with Crippen molar-refractivity contribution in [3.05, 3.63) is 66.0 Å². The number of benzene rings is 1. The fourth-order valence-corrected chi connectivity index (χ4v) is 3.28. The molecule has 1 aliphatic heterocycles. The van der Waals surface area contributed by atoms with Gasteiger partial charge in [0, 0.05) is 37.7 Å². The fourth-order valence-electron chi connectivity index (χ4n) is 3.28. The van der Waals surface area contributed by atoms with Gasteiger partial charge in [-0.1, -0.05) is 12.1 Å². The van der Waals surface area contributed by atoms with Crippen LogP contribution in [0.1, 0.15) is 23.7 Å². The van der Waals surface area contributed by atoms with E-state index in [0.29, 0.717) is 25.3 Å². The van der Waals surface area contributed by atoms with Crippen molar-refractivity contribution in [2.45, 2.75) is 25.1 Å². The Kier molecular flexibility index (Phi) is 3.55. The molecule has 23 heavy (non-hydrogen) atoms. The summed E-state index contributed by atoms with van der Waals surface area (Å²) in [6.45, 7) is 1.16. The van der Waals surface area contributed by atoms with E-state index in [1.165, 1.54) is 6.07 Å². The van der Waals surface area contributed by atoms with Crippen molar-refractivity contribution in [2.75, 3.05) is 6.54 Å². The largest absolute Gasteiger partial charge is 0.392 e. The monoisotopic (exact) mass is 312 g/mol. The van der Waals surface area contributed by atoms with Crippen LogP contribution in [0.4, 0.5) is 4.39 Å². The minimum Gasteiger partial charge on any atom is -0.392 e. The van der Waals surface area contributed by atoms with Crippen molar-refractivity contribution >= 4 is 5.78 Å². The first-order valence-corrected chi connectivity index (χ1v) is 7.65. The van der Waals surface area contributed by atoms with Crippen molar-refractivity contribution in [3.8, 4) is 0 Å². The van der Waals surface area contributed by atoms with E-state index >= 15 is 0 Å². The van der Waals surface area contributed by atoms with Gasteiger partial charge in [0.2, 0.25) is 5.78 Å². The van der Waals surface area contributed by atoms with Crippen LogP contribution in [-0.2, 0) is 6.54 Å². The maximum absolute atomic E-state index is 13.5. The number of rotatable bonds is 3. The Labute approximate surface area is 133 Å². The Morgan fingerprint density at radius 3 is 3.04 bits per heavy atom. The number of nitrogens with zero attached hydrogens (tertiary/aromatic N) is 4. The lowest BCUT2D eigenvalue weighted by molar-refractivity contribution is 0.172. The van der Waals surface area contributed by atoms with Crippen molar-refractivity contribution < 1.29 is 9.50 Å². The summed E-state index contributed by atoms with van der Waals surface area (Å²) in [5, 5.41) is 10.0. The Morgan fingerprint density at radius 2 is 2.22 bits per heavy atom. The van der Waals surface area contributed by atoms with Crippen LogP contribution in [0.15, 0.2) is 48.9 Å². The molecule has 3 aromatic rings. The van der Waals surface area contributed by atoms with Crippen molar-refractivity contribution in [3.63, 3.8) is 0 Å². The van der Waals surface area contributed by atoms with E-state index in [1.54, 1.807) is 18.3 Å². The fraction of sp³-hybridized carbons (Fsp3) is 0.294. The van der Waals surface area contributed by atoms with Crippen molar-refractivity contribution in [2.24, 2.45) is 0 Å².